The van der Waals surface area contributed by atoms with Crippen LogP contribution < -0.4 is 0 Å². The van der Waals surface area contributed by atoms with Crippen molar-refractivity contribution in [2.24, 2.45) is 0 Å². The second-order valence-electron chi connectivity index (χ2n) is 10.3. The maximum Gasteiger partial charge on any atom is 0.0725 e. The van der Waals surface area contributed by atoms with Crippen LogP contribution in [-0.4, -0.2) is 0 Å². The van der Waals surface area contributed by atoms with Crippen molar-refractivity contribution < 1.29 is 0 Å². The van der Waals surface area contributed by atoms with Gasteiger partial charge in [0.05, 0.1) is 5.41 Å². The van der Waals surface area contributed by atoms with Crippen LogP contribution in [-0.2, 0) is 5.41 Å². The fourth-order valence-corrected chi connectivity index (χ4v) is 7.36. The standard InChI is InChI=1S/C36H23Br/c1-22-14-17-32-29(20-22)26-10-4-5-11-27(26)30-21-24(37)16-19-33(30)36(32)31-13-7-6-12-28(31)35-25-9-3-2-8-23(25)15-18-34(35)36/h2-21H,1H3. The van der Waals surface area contributed by atoms with Crippen LogP contribution in [0.1, 0.15) is 27.8 Å². The van der Waals surface area contributed by atoms with Gasteiger partial charge in [-0.15, -0.1) is 0 Å². The zero-order chi connectivity index (χ0) is 24.7. The highest BCUT2D eigenvalue weighted by molar-refractivity contribution is 9.10. The van der Waals surface area contributed by atoms with Gasteiger partial charge in [-0.05, 0) is 85.5 Å². The third-order valence-corrected chi connectivity index (χ3v) is 8.90. The number of fused-ring (bicyclic) bond motifs is 14. The van der Waals surface area contributed by atoms with Crippen LogP contribution >= 0.6 is 15.9 Å². The minimum Gasteiger partial charge on any atom is -0.0619 e. The monoisotopic (exact) mass is 534 g/mol. The van der Waals surface area contributed by atoms with Crippen molar-refractivity contribution in [2.75, 3.05) is 0 Å². The Labute approximate surface area is 225 Å². The zero-order valence-electron chi connectivity index (χ0n) is 20.4. The van der Waals surface area contributed by atoms with Crippen molar-refractivity contribution in [3.05, 3.63) is 154 Å². The van der Waals surface area contributed by atoms with Crippen molar-refractivity contribution in [3.8, 4) is 33.4 Å². The molecule has 0 N–H and O–H groups in total. The van der Waals surface area contributed by atoms with Crippen molar-refractivity contribution in [3.63, 3.8) is 0 Å². The van der Waals surface area contributed by atoms with E-state index in [0.29, 0.717) is 0 Å². The molecule has 0 aromatic heterocycles. The normalized spacial score (nSPS) is 16.5. The van der Waals surface area contributed by atoms with Gasteiger partial charge in [-0.2, -0.15) is 0 Å². The molecular weight excluding hydrogens is 512 g/mol. The van der Waals surface area contributed by atoms with E-state index >= 15 is 0 Å². The molecule has 8 rings (SSSR count). The van der Waals surface area contributed by atoms with Crippen LogP contribution in [0.15, 0.2) is 126 Å². The van der Waals surface area contributed by atoms with Gasteiger partial charge in [-0.25, -0.2) is 0 Å². The molecule has 0 amide bonds. The van der Waals surface area contributed by atoms with Crippen molar-refractivity contribution in [2.45, 2.75) is 12.3 Å². The maximum absolute atomic E-state index is 3.81. The first-order valence-corrected chi connectivity index (χ1v) is 13.6. The van der Waals surface area contributed by atoms with Crippen LogP contribution in [0.2, 0.25) is 0 Å². The van der Waals surface area contributed by atoms with Crippen molar-refractivity contribution in [1.29, 1.82) is 0 Å². The molecule has 6 aromatic rings. The summed E-state index contributed by atoms with van der Waals surface area (Å²) >= 11 is 3.81. The Kier molecular flexibility index (Phi) is 4.31. The van der Waals surface area contributed by atoms with E-state index in [1.807, 2.05) is 0 Å². The van der Waals surface area contributed by atoms with Crippen LogP contribution in [0.25, 0.3) is 44.2 Å². The van der Waals surface area contributed by atoms with E-state index < -0.39 is 5.41 Å². The smallest absolute Gasteiger partial charge is 0.0619 e. The summed E-state index contributed by atoms with van der Waals surface area (Å²) in [5, 5.41) is 2.60. The molecule has 0 radical (unpaired) electrons. The van der Waals surface area contributed by atoms with Gasteiger partial charge in [-0.1, -0.05) is 131 Å². The molecule has 0 heterocycles. The molecular formula is C36H23Br. The summed E-state index contributed by atoms with van der Waals surface area (Å²) in [6.07, 6.45) is 0. The fourth-order valence-electron chi connectivity index (χ4n) is 7.00. The number of rotatable bonds is 0. The highest BCUT2D eigenvalue weighted by atomic mass is 79.9. The topological polar surface area (TPSA) is 0 Å². The molecule has 37 heavy (non-hydrogen) atoms. The quantitative estimate of drug-likeness (QED) is 0.181. The number of aryl methyl sites for hydroxylation is 1. The summed E-state index contributed by atoms with van der Waals surface area (Å²) in [4.78, 5) is 0. The lowest BCUT2D eigenvalue weighted by atomic mass is 9.65. The Morgan fingerprint density at radius 1 is 0.486 bits per heavy atom. The number of hydrogen-bond acceptors (Lipinski definition) is 0. The Morgan fingerprint density at radius 2 is 1.08 bits per heavy atom. The average Bonchev–Trinajstić information content (AvgIpc) is 3.19. The Balaban J connectivity index is 1.67. The lowest BCUT2D eigenvalue weighted by Crippen LogP contribution is -2.29. The first kappa shape index (κ1) is 21.2. The highest BCUT2D eigenvalue weighted by Gasteiger charge is 2.50. The lowest BCUT2D eigenvalue weighted by Gasteiger charge is -2.35. The molecule has 0 bridgehead atoms. The van der Waals surface area contributed by atoms with Crippen LogP contribution in [0.3, 0.4) is 0 Å². The lowest BCUT2D eigenvalue weighted by molar-refractivity contribution is 0.775. The molecule has 1 spiro atoms. The summed E-state index contributed by atoms with van der Waals surface area (Å²) < 4.78 is 1.10. The van der Waals surface area contributed by atoms with Gasteiger partial charge in [-0.3, -0.25) is 0 Å². The molecule has 1 heteroatoms. The highest BCUT2D eigenvalue weighted by Crippen LogP contribution is 2.62. The van der Waals surface area contributed by atoms with Gasteiger partial charge in [0.15, 0.2) is 0 Å². The third kappa shape index (κ3) is 2.68. The molecule has 2 aliphatic carbocycles. The fraction of sp³-hybridized carbons (Fsp3) is 0.0556. The Morgan fingerprint density at radius 3 is 1.89 bits per heavy atom. The molecule has 0 saturated carbocycles. The summed E-state index contributed by atoms with van der Waals surface area (Å²) in [5.41, 5.74) is 14.2. The van der Waals surface area contributed by atoms with E-state index in [0.717, 1.165) is 4.47 Å². The average molecular weight is 535 g/mol. The predicted octanol–water partition coefficient (Wildman–Crippen LogP) is 9.92. The molecule has 174 valence electrons. The largest absolute Gasteiger partial charge is 0.0725 e. The summed E-state index contributed by atoms with van der Waals surface area (Å²) in [6, 6.07) is 45.5. The van der Waals surface area contributed by atoms with Crippen LogP contribution in [0.5, 0.6) is 0 Å². The van der Waals surface area contributed by atoms with E-state index in [2.05, 4.69) is 144 Å². The van der Waals surface area contributed by atoms with Crippen molar-refractivity contribution >= 4 is 26.7 Å². The molecule has 6 aromatic carbocycles. The summed E-state index contributed by atoms with van der Waals surface area (Å²) in [7, 11) is 0. The summed E-state index contributed by atoms with van der Waals surface area (Å²) in [6.45, 7) is 2.20. The molecule has 2 aliphatic rings. The van der Waals surface area contributed by atoms with Gasteiger partial charge in [0.25, 0.3) is 0 Å². The van der Waals surface area contributed by atoms with Crippen LogP contribution in [0.4, 0.5) is 0 Å². The Hall–Kier alpha value is -3.94. The first-order chi connectivity index (χ1) is 18.2. The number of halogens is 1. The zero-order valence-corrected chi connectivity index (χ0v) is 22.0. The van der Waals surface area contributed by atoms with Gasteiger partial charge in [0.1, 0.15) is 0 Å². The maximum atomic E-state index is 3.81. The van der Waals surface area contributed by atoms with E-state index in [9.17, 15) is 0 Å². The van der Waals surface area contributed by atoms with Gasteiger partial charge >= 0.3 is 0 Å². The van der Waals surface area contributed by atoms with Gasteiger partial charge in [0, 0.05) is 4.47 Å². The van der Waals surface area contributed by atoms with Gasteiger partial charge in [0.2, 0.25) is 0 Å². The molecule has 1 unspecified atom stereocenters. The molecule has 0 nitrogen and oxygen atoms in total. The second-order valence-corrected chi connectivity index (χ2v) is 11.2. The second kappa shape index (κ2) is 7.54. The van der Waals surface area contributed by atoms with E-state index in [-0.39, 0.29) is 0 Å². The minimum atomic E-state index is -0.423. The Bertz CT molecular complexity index is 1840. The van der Waals surface area contributed by atoms with Crippen LogP contribution in [0, 0.1) is 6.92 Å². The van der Waals surface area contributed by atoms with Gasteiger partial charge < -0.3 is 0 Å². The molecule has 0 aliphatic heterocycles. The molecule has 1 atom stereocenters. The van der Waals surface area contributed by atoms with Crippen molar-refractivity contribution in [1.82, 2.24) is 0 Å². The van der Waals surface area contributed by atoms with E-state index in [4.69, 9.17) is 0 Å². The number of benzene rings is 6. The molecule has 0 fully saturated rings. The first-order valence-electron chi connectivity index (χ1n) is 12.8. The number of hydrogen-bond donors (Lipinski definition) is 0. The van der Waals surface area contributed by atoms with E-state index in [1.165, 1.54) is 72.0 Å². The minimum absolute atomic E-state index is 0.423. The third-order valence-electron chi connectivity index (χ3n) is 8.41. The molecule has 0 saturated heterocycles. The van der Waals surface area contributed by atoms with E-state index in [1.54, 1.807) is 0 Å². The summed E-state index contributed by atoms with van der Waals surface area (Å²) in [5.74, 6) is 0. The SMILES string of the molecule is Cc1ccc2c(c1)-c1ccccc1-c1cc(Br)ccc1C21c2ccccc2-c2c1ccc1ccccc21. The predicted molar refractivity (Wildman–Crippen MR) is 158 cm³/mol.